The average molecular weight is 1000 g/mol. The number of hydrogen-bond donors (Lipinski definition) is 0. The number of unbranched alkanes of at least 4 members (excludes halogenated alkanes) is 30. The summed E-state index contributed by atoms with van der Waals surface area (Å²) in [6, 6.07) is 0. The number of esters is 3. The number of hydrogen-bond acceptors (Lipinski definition) is 6. The Morgan fingerprint density at radius 3 is 0.903 bits per heavy atom. The van der Waals surface area contributed by atoms with Gasteiger partial charge in [-0.3, -0.25) is 14.4 Å². The van der Waals surface area contributed by atoms with E-state index in [1.807, 2.05) is 0 Å². The molecule has 1 atom stereocenters. The number of carbonyl (C=O) groups excluding carboxylic acids is 3. The number of ether oxygens (including phenoxy) is 3. The lowest BCUT2D eigenvalue weighted by Crippen LogP contribution is -2.30. The highest BCUT2D eigenvalue weighted by Crippen LogP contribution is 2.16. The Bertz CT molecular complexity index is 1380. The molecule has 0 saturated heterocycles. The van der Waals surface area contributed by atoms with Crippen molar-refractivity contribution in [3.05, 3.63) is 85.1 Å². The largest absolute Gasteiger partial charge is 0.462 e. The second-order valence-electron chi connectivity index (χ2n) is 20.2. The van der Waals surface area contributed by atoms with Crippen molar-refractivity contribution in [2.75, 3.05) is 13.2 Å². The third-order valence-electron chi connectivity index (χ3n) is 13.1. The van der Waals surface area contributed by atoms with Gasteiger partial charge in [-0.25, -0.2) is 0 Å². The minimum Gasteiger partial charge on any atom is -0.462 e. The van der Waals surface area contributed by atoms with Gasteiger partial charge in [0, 0.05) is 19.3 Å². The van der Waals surface area contributed by atoms with E-state index < -0.39 is 6.10 Å². The molecule has 72 heavy (non-hydrogen) atoms. The summed E-state index contributed by atoms with van der Waals surface area (Å²) in [7, 11) is 0. The van der Waals surface area contributed by atoms with E-state index in [4.69, 9.17) is 14.2 Å². The number of carbonyl (C=O) groups is 3. The van der Waals surface area contributed by atoms with Gasteiger partial charge in [0.15, 0.2) is 6.10 Å². The minimum atomic E-state index is -0.786. The van der Waals surface area contributed by atoms with E-state index in [1.54, 1.807) is 0 Å². The van der Waals surface area contributed by atoms with Crippen LogP contribution in [0.25, 0.3) is 0 Å². The smallest absolute Gasteiger partial charge is 0.306 e. The van der Waals surface area contributed by atoms with E-state index in [1.165, 1.54) is 135 Å². The fraction of sp³-hybridized carbons (Fsp3) is 0.742. The molecule has 6 heteroatoms. The van der Waals surface area contributed by atoms with Gasteiger partial charge in [-0.05, 0) is 89.9 Å². The predicted octanol–water partition coefficient (Wildman–Crippen LogP) is 20.7. The van der Waals surface area contributed by atoms with Gasteiger partial charge in [0.2, 0.25) is 0 Å². The standard InChI is InChI=1S/C66H114O6/c1-4-7-10-13-16-19-22-25-27-29-31-32-33-34-35-37-38-41-44-47-50-53-56-59-65(68)71-62-63(61-70-64(67)58-55-52-49-46-43-40-24-21-18-15-12-9-6-3)72-66(69)60-57-54-51-48-45-42-39-36-30-28-26-23-20-17-14-11-8-5-2/h7,10,12,15-16,19,21,24-25,27,31-32,34-35,63H,4-6,8-9,11,13-14,17-18,20,22-23,26,28-30,33,36-62H2,1-3H3/b10-7-,15-12-,19-16-,24-21-,27-25-,32-31-,35-34-. The summed E-state index contributed by atoms with van der Waals surface area (Å²) in [4.78, 5) is 38.2. The van der Waals surface area contributed by atoms with Crippen molar-refractivity contribution >= 4 is 17.9 Å². The summed E-state index contributed by atoms with van der Waals surface area (Å²) < 4.78 is 16.9. The van der Waals surface area contributed by atoms with Crippen LogP contribution < -0.4 is 0 Å². The molecule has 0 bridgehead atoms. The number of rotatable bonds is 55. The summed E-state index contributed by atoms with van der Waals surface area (Å²) in [5.41, 5.74) is 0. The normalized spacial score (nSPS) is 12.7. The molecule has 0 rings (SSSR count). The van der Waals surface area contributed by atoms with Crippen LogP contribution in [0.3, 0.4) is 0 Å². The van der Waals surface area contributed by atoms with E-state index in [2.05, 4.69) is 106 Å². The third kappa shape index (κ3) is 57.5. The summed E-state index contributed by atoms with van der Waals surface area (Å²) in [5.74, 6) is -0.898. The van der Waals surface area contributed by atoms with Crippen LogP contribution in [0.1, 0.15) is 297 Å². The van der Waals surface area contributed by atoms with Crippen LogP contribution in [0.4, 0.5) is 0 Å². The first-order valence-corrected chi connectivity index (χ1v) is 30.6. The molecule has 0 aromatic carbocycles. The fourth-order valence-electron chi connectivity index (χ4n) is 8.57. The molecule has 0 fully saturated rings. The Kier molecular flexibility index (Phi) is 57.3. The van der Waals surface area contributed by atoms with Gasteiger partial charge < -0.3 is 14.2 Å². The third-order valence-corrected chi connectivity index (χ3v) is 13.1. The predicted molar refractivity (Wildman–Crippen MR) is 311 cm³/mol. The maximum atomic E-state index is 12.9. The lowest BCUT2D eigenvalue weighted by Gasteiger charge is -2.18. The van der Waals surface area contributed by atoms with Gasteiger partial charge in [-0.1, -0.05) is 273 Å². The topological polar surface area (TPSA) is 78.9 Å². The number of allylic oxidation sites excluding steroid dienone is 14. The summed E-state index contributed by atoms with van der Waals surface area (Å²) >= 11 is 0. The maximum absolute atomic E-state index is 12.9. The second kappa shape index (κ2) is 60.1. The van der Waals surface area contributed by atoms with Gasteiger partial charge in [0.05, 0.1) is 0 Å². The van der Waals surface area contributed by atoms with Gasteiger partial charge >= 0.3 is 17.9 Å². The molecule has 0 N–H and O–H groups in total. The van der Waals surface area contributed by atoms with Crippen molar-refractivity contribution in [1.29, 1.82) is 0 Å². The van der Waals surface area contributed by atoms with Crippen LogP contribution in [-0.2, 0) is 28.6 Å². The molecule has 0 aliphatic rings. The Morgan fingerprint density at radius 1 is 0.292 bits per heavy atom. The lowest BCUT2D eigenvalue weighted by molar-refractivity contribution is -0.167. The van der Waals surface area contributed by atoms with Crippen LogP contribution in [0.15, 0.2) is 85.1 Å². The zero-order valence-electron chi connectivity index (χ0n) is 47.4. The molecule has 414 valence electrons. The van der Waals surface area contributed by atoms with E-state index >= 15 is 0 Å². The summed E-state index contributed by atoms with van der Waals surface area (Å²) in [6.07, 6.45) is 78.6. The molecule has 0 saturated carbocycles. The molecule has 0 aliphatic carbocycles. The Morgan fingerprint density at radius 2 is 0.569 bits per heavy atom. The van der Waals surface area contributed by atoms with Crippen molar-refractivity contribution in [1.82, 2.24) is 0 Å². The van der Waals surface area contributed by atoms with Gasteiger partial charge in [-0.15, -0.1) is 0 Å². The maximum Gasteiger partial charge on any atom is 0.306 e. The van der Waals surface area contributed by atoms with Crippen molar-refractivity contribution in [3.63, 3.8) is 0 Å². The van der Waals surface area contributed by atoms with Crippen LogP contribution in [-0.4, -0.2) is 37.2 Å². The SMILES string of the molecule is CC/C=C\C/C=C\C/C=C\C/C=C\C/C=C\CCCCCCCCCC(=O)OCC(COC(=O)CCCCCCC/C=C\C/C=C\CCC)OC(=O)CCCCCCCCCCCCCCCCCCCC. The molecule has 6 nitrogen and oxygen atoms in total. The quantitative estimate of drug-likeness (QED) is 0.0261. The van der Waals surface area contributed by atoms with Gasteiger partial charge in [0.25, 0.3) is 0 Å². The highest BCUT2D eigenvalue weighted by atomic mass is 16.6. The van der Waals surface area contributed by atoms with Crippen LogP contribution >= 0.6 is 0 Å². The Balaban J connectivity index is 4.36. The van der Waals surface area contributed by atoms with E-state index in [9.17, 15) is 14.4 Å². The van der Waals surface area contributed by atoms with Crippen molar-refractivity contribution in [2.24, 2.45) is 0 Å². The van der Waals surface area contributed by atoms with Crippen LogP contribution in [0.5, 0.6) is 0 Å². The lowest BCUT2D eigenvalue weighted by atomic mass is 10.0. The minimum absolute atomic E-state index is 0.0850. The Labute approximate surface area is 445 Å². The first kappa shape index (κ1) is 68.6. The first-order chi connectivity index (χ1) is 35.5. The molecule has 0 radical (unpaired) electrons. The molecule has 0 amide bonds. The van der Waals surface area contributed by atoms with E-state index in [-0.39, 0.29) is 31.1 Å². The molecule has 0 heterocycles. The van der Waals surface area contributed by atoms with Gasteiger partial charge in [0.1, 0.15) is 13.2 Å². The van der Waals surface area contributed by atoms with Crippen molar-refractivity contribution in [2.45, 2.75) is 303 Å². The highest BCUT2D eigenvalue weighted by Gasteiger charge is 2.19. The highest BCUT2D eigenvalue weighted by molar-refractivity contribution is 5.71. The zero-order valence-corrected chi connectivity index (χ0v) is 47.4. The summed E-state index contributed by atoms with van der Waals surface area (Å²) in [5, 5.41) is 0. The summed E-state index contributed by atoms with van der Waals surface area (Å²) in [6.45, 7) is 6.47. The molecular formula is C66H114O6. The zero-order chi connectivity index (χ0) is 52.2. The van der Waals surface area contributed by atoms with Crippen molar-refractivity contribution < 1.29 is 28.6 Å². The monoisotopic (exact) mass is 1000 g/mol. The molecule has 0 spiro atoms. The van der Waals surface area contributed by atoms with E-state index in [0.29, 0.717) is 19.3 Å². The molecule has 0 aromatic rings. The first-order valence-electron chi connectivity index (χ1n) is 30.6. The van der Waals surface area contributed by atoms with E-state index in [0.717, 1.165) is 122 Å². The molecule has 0 aromatic heterocycles. The van der Waals surface area contributed by atoms with Gasteiger partial charge in [-0.2, -0.15) is 0 Å². The van der Waals surface area contributed by atoms with Crippen LogP contribution in [0, 0.1) is 0 Å². The Hall–Kier alpha value is -3.41. The molecular weight excluding hydrogens is 889 g/mol. The molecule has 1 unspecified atom stereocenters. The molecule has 0 aliphatic heterocycles. The second-order valence-corrected chi connectivity index (χ2v) is 20.2. The average Bonchev–Trinajstić information content (AvgIpc) is 3.38. The van der Waals surface area contributed by atoms with Crippen molar-refractivity contribution in [3.8, 4) is 0 Å². The van der Waals surface area contributed by atoms with Crippen LogP contribution in [0.2, 0.25) is 0 Å². The fourth-order valence-corrected chi connectivity index (χ4v) is 8.57.